The largest absolute Gasteiger partial charge is 0.478 e. The van der Waals surface area contributed by atoms with E-state index in [1.807, 2.05) is 5.38 Å². The van der Waals surface area contributed by atoms with Gasteiger partial charge in [0, 0.05) is 11.6 Å². The van der Waals surface area contributed by atoms with E-state index >= 15 is 0 Å². The Hall–Kier alpha value is -2.21. The quantitative estimate of drug-likeness (QED) is 0.642. The molecule has 0 unspecified atom stereocenters. The summed E-state index contributed by atoms with van der Waals surface area (Å²) in [4.78, 5) is 14.6. The van der Waals surface area contributed by atoms with Crippen LogP contribution in [-0.2, 0) is 0 Å². The van der Waals surface area contributed by atoms with Gasteiger partial charge in [-0.2, -0.15) is 5.10 Å². The molecule has 0 aliphatic rings. The SMILES string of the molecule is O=C(O)c1ccc(C=NNc2nccs2)cc1. The average molecular weight is 247 g/mol. The average Bonchev–Trinajstić information content (AvgIpc) is 2.83. The van der Waals surface area contributed by atoms with E-state index < -0.39 is 5.97 Å². The molecule has 0 fully saturated rings. The van der Waals surface area contributed by atoms with Crippen LogP contribution in [-0.4, -0.2) is 22.3 Å². The second kappa shape index (κ2) is 5.22. The molecule has 1 aromatic carbocycles. The molecule has 2 rings (SSSR count). The Balaban J connectivity index is 1.99. The van der Waals surface area contributed by atoms with E-state index in [4.69, 9.17) is 5.11 Å². The smallest absolute Gasteiger partial charge is 0.335 e. The Morgan fingerprint density at radius 1 is 1.41 bits per heavy atom. The Morgan fingerprint density at radius 3 is 2.76 bits per heavy atom. The summed E-state index contributed by atoms with van der Waals surface area (Å²) in [5.41, 5.74) is 3.85. The van der Waals surface area contributed by atoms with Crippen LogP contribution in [0.15, 0.2) is 40.9 Å². The van der Waals surface area contributed by atoms with E-state index in [-0.39, 0.29) is 5.56 Å². The van der Waals surface area contributed by atoms with Crippen LogP contribution in [0.4, 0.5) is 5.13 Å². The van der Waals surface area contributed by atoms with Crippen molar-refractivity contribution in [3.05, 3.63) is 47.0 Å². The van der Waals surface area contributed by atoms with Crippen molar-refractivity contribution >= 4 is 28.7 Å². The summed E-state index contributed by atoms with van der Waals surface area (Å²) in [7, 11) is 0. The van der Waals surface area contributed by atoms with Crippen molar-refractivity contribution in [1.29, 1.82) is 0 Å². The number of benzene rings is 1. The summed E-state index contributed by atoms with van der Waals surface area (Å²) < 4.78 is 0. The zero-order valence-corrected chi connectivity index (χ0v) is 9.52. The summed E-state index contributed by atoms with van der Waals surface area (Å²) in [6.07, 6.45) is 3.29. The number of carboxylic acid groups (broad SMARTS) is 1. The number of thiazole rings is 1. The minimum atomic E-state index is -0.936. The first kappa shape index (κ1) is 11.3. The minimum Gasteiger partial charge on any atom is -0.478 e. The predicted octanol–water partition coefficient (Wildman–Crippen LogP) is 2.29. The maximum absolute atomic E-state index is 10.6. The van der Waals surface area contributed by atoms with Gasteiger partial charge in [-0.3, -0.25) is 5.43 Å². The van der Waals surface area contributed by atoms with Gasteiger partial charge in [0.05, 0.1) is 11.8 Å². The topological polar surface area (TPSA) is 74.6 Å². The van der Waals surface area contributed by atoms with Crippen LogP contribution in [0, 0.1) is 0 Å². The molecule has 2 N–H and O–H groups in total. The van der Waals surface area contributed by atoms with E-state index in [0.29, 0.717) is 5.13 Å². The van der Waals surface area contributed by atoms with Crippen LogP contribution >= 0.6 is 11.3 Å². The first-order valence-electron chi connectivity index (χ1n) is 4.77. The number of carboxylic acids is 1. The predicted molar refractivity (Wildman–Crippen MR) is 66.7 cm³/mol. The first-order chi connectivity index (χ1) is 8.25. The van der Waals surface area contributed by atoms with Crippen LogP contribution in [0.5, 0.6) is 0 Å². The standard InChI is InChI=1S/C11H9N3O2S/c15-10(16)9-3-1-8(2-4-9)7-13-14-11-12-5-6-17-11/h1-7H,(H,12,14)(H,15,16). The van der Waals surface area contributed by atoms with Crippen molar-refractivity contribution in [3.63, 3.8) is 0 Å². The molecule has 0 saturated heterocycles. The number of aromatic nitrogens is 1. The number of nitrogens with one attached hydrogen (secondary N) is 1. The third-order valence-corrected chi connectivity index (χ3v) is 2.64. The highest BCUT2D eigenvalue weighted by molar-refractivity contribution is 7.13. The van der Waals surface area contributed by atoms with Crippen molar-refractivity contribution < 1.29 is 9.90 Å². The molecule has 6 heteroatoms. The zero-order chi connectivity index (χ0) is 12.1. The molecule has 1 heterocycles. The van der Waals surface area contributed by atoms with Crippen molar-refractivity contribution in [1.82, 2.24) is 4.98 Å². The fraction of sp³-hybridized carbons (Fsp3) is 0. The molecular formula is C11H9N3O2S. The molecule has 2 aromatic rings. The second-order valence-electron chi connectivity index (χ2n) is 3.13. The van der Waals surface area contributed by atoms with Crippen molar-refractivity contribution in [2.24, 2.45) is 5.10 Å². The van der Waals surface area contributed by atoms with Crippen LogP contribution in [0.1, 0.15) is 15.9 Å². The normalized spacial score (nSPS) is 10.6. The summed E-state index contributed by atoms with van der Waals surface area (Å²) in [5.74, 6) is -0.936. The van der Waals surface area contributed by atoms with Gasteiger partial charge in [0.1, 0.15) is 0 Å². The highest BCUT2D eigenvalue weighted by Crippen LogP contribution is 2.09. The number of nitrogens with zero attached hydrogens (tertiary/aromatic N) is 2. The number of hydrogen-bond donors (Lipinski definition) is 2. The van der Waals surface area contributed by atoms with Gasteiger partial charge in [0.25, 0.3) is 0 Å². The van der Waals surface area contributed by atoms with E-state index in [1.54, 1.807) is 24.5 Å². The van der Waals surface area contributed by atoms with Crippen molar-refractivity contribution in [2.75, 3.05) is 5.43 Å². The lowest BCUT2D eigenvalue weighted by molar-refractivity contribution is 0.0697. The van der Waals surface area contributed by atoms with Crippen LogP contribution in [0.2, 0.25) is 0 Å². The molecule has 1 aromatic heterocycles. The molecule has 86 valence electrons. The third kappa shape index (κ3) is 3.12. The Bertz CT molecular complexity index is 520. The molecule has 0 saturated carbocycles. The number of hydrogen-bond acceptors (Lipinski definition) is 5. The number of carbonyl (C=O) groups is 1. The van der Waals surface area contributed by atoms with Crippen molar-refractivity contribution in [2.45, 2.75) is 0 Å². The third-order valence-electron chi connectivity index (χ3n) is 1.96. The Labute approximate surface area is 101 Å². The highest BCUT2D eigenvalue weighted by Gasteiger charge is 2.00. The van der Waals surface area contributed by atoms with E-state index in [1.165, 1.54) is 23.5 Å². The molecular weight excluding hydrogens is 238 g/mol. The second-order valence-corrected chi connectivity index (χ2v) is 4.03. The zero-order valence-electron chi connectivity index (χ0n) is 8.70. The van der Waals surface area contributed by atoms with Gasteiger partial charge in [0.15, 0.2) is 0 Å². The molecule has 0 bridgehead atoms. The van der Waals surface area contributed by atoms with Gasteiger partial charge in [-0.25, -0.2) is 9.78 Å². The molecule has 0 aliphatic heterocycles. The number of rotatable bonds is 4. The van der Waals surface area contributed by atoms with Crippen LogP contribution in [0.3, 0.4) is 0 Å². The molecule has 0 atom stereocenters. The molecule has 5 nitrogen and oxygen atoms in total. The molecule has 0 radical (unpaired) electrons. The molecule has 0 amide bonds. The van der Waals surface area contributed by atoms with E-state index in [2.05, 4.69) is 15.5 Å². The van der Waals surface area contributed by atoms with Crippen LogP contribution < -0.4 is 5.43 Å². The molecule has 17 heavy (non-hydrogen) atoms. The van der Waals surface area contributed by atoms with Gasteiger partial charge in [-0.05, 0) is 17.7 Å². The van der Waals surface area contributed by atoms with E-state index in [0.717, 1.165) is 5.56 Å². The number of aromatic carboxylic acids is 1. The van der Waals surface area contributed by atoms with Crippen LogP contribution in [0.25, 0.3) is 0 Å². The van der Waals surface area contributed by atoms with E-state index in [9.17, 15) is 4.79 Å². The van der Waals surface area contributed by atoms with Gasteiger partial charge in [0.2, 0.25) is 5.13 Å². The van der Waals surface area contributed by atoms with Gasteiger partial charge in [-0.1, -0.05) is 12.1 Å². The van der Waals surface area contributed by atoms with Gasteiger partial charge < -0.3 is 5.11 Å². The molecule has 0 aliphatic carbocycles. The Morgan fingerprint density at radius 2 is 2.18 bits per heavy atom. The minimum absolute atomic E-state index is 0.259. The lowest BCUT2D eigenvalue weighted by Gasteiger charge is -1.96. The number of hydrazone groups is 1. The lowest BCUT2D eigenvalue weighted by Crippen LogP contribution is -1.96. The Kier molecular flexibility index (Phi) is 3.46. The fourth-order valence-electron chi connectivity index (χ4n) is 1.15. The summed E-state index contributed by atoms with van der Waals surface area (Å²) in [5, 5.41) is 15.3. The number of anilines is 1. The fourth-order valence-corrected chi connectivity index (χ4v) is 1.63. The summed E-state index contributed by atoms with van der Waals surface area (Å²) >= 11 is 1.45. The lowest BCUT2D eigenvalue weighted by atomic mass is 10.1. The monoisotopic (exact) mass is 247 g/mol. The maximum atomic E-state index is 10.6. The van der Waals surface area contributed by atoms with Gasteiger partial charge >= 0.3 is 5.97 Å². The highest BCUT2D eigenvalue weighted by atomic mass is 32.1. The first-order valence-corrected chi connectivity index (χ1v) is 5.65. The summed E-state index contributed by atoms with van der Waals surface area (Å²) in [6, 6.07) is 6.45. The maximum Gasteiger partial charge on any atom is 0.335 e. The van der Waals surface area contributed by atoms with Gasteiger partial charge in [-0.15, -0.1) is 11.3 Å². The summed E-state index contributed by atoms with van der Waals surface area (Å²) in [6.45, 7) is 0. The molecule has 0 spiro atoms. The van der Waals surface area contributed by atoms with Crippen molar-refractivity contribution in [3.8, 4) is 0 Å².